The molecule has 0 bridgehead atoms. The summed E-state index contributed by atoms with van der Waals surface area (Å²) in [6.07, 6.45) is -6.65. The van der Waals surface area contributed by atoms with Crippen molar-refractivity contribution in [2.75, 3.05) is 0 Å². The first kappa shape index (κ1) is 10.9. The molecule has 1 unspecified atom stereocenters. The number of rotatable bonds is 2. The van der Waals surface area contributed by atoms with Crippen molar-refractivity contribution in [3.63, 3.8) is 0 Å². The van der Waals surface area contributed by atoms with Crippen molar-refractivity contribution in [2.24, 2.45) is 0 Å². The topological polar surface area (TPSA) is 77.8 Å². The van der Waals surface area contributed by atoms with E-state index in [-0.39, 0.29) is 0 Å². The Bertz CT molecular complexity index is 172. The number of aliphatic hydroxyl groups is 1. The van der Waals surface area contributed by atoms with Crippen molar-refractivity contribution < 1.29 is 32.6 Å². The van der Waals surface area contributed by atoms with Crippen LogP contribution in [-0.4, -0.2) is 26.9 Å². The van der Waals surface area contributed by atoms with Crippen LogP contribution in [0.4, 0.5) is 13.2 Å². The Morgan fingerprint density at radius 3 is 1.82 bits per heavy atom. The third-order valence-corrected chi connectivity index (χ3v) is 1.76. The molecule has 68 valence electrons. The third-order valence-electron chi connectivity index (χ3n) is 0.802. The maximum absolute atomic E-state index is 11.3. The van der Waals surface area contributed by atoms with Crippen LogP contribution in [0.2, 0.25) is 0 Å². The molecule has 0 saturated carbocycles. The van der Waals surface area contributed by atoms with Crippen LogP contribution in [0.1, 0.15) is 6.42 Å². The van der Waals surface area contributed by atoms with E-state index in [4.69, 9.17) is 14.9 Å². The lowest BCUT2D eigenvalue weighted by atomic mass is 10.4. The molecule has 0 saturated heterocycles. The Kier molecular flexibility index (Phi) is 3.07. The fourth-order valence-electron chi connectivity index (χ4n) is 0.326. The van der Waals surface area contributed by atoms with Gasteiger partial charge in [-0.15, -0.1) is 0 Å². The summed E-state index contributed by atoms with van der Waals surface area (Å²) in [5, 5.41) is 8.24. The van der Waals surface area contributed by atoms with Gasteiger partial charge >= 0.3 is 13.8 Å². The van der Waals surface area contributed by atoms with Crippen LogP contribution in [0.3, 0.4) is 0 Å². The van der Waals surface area contributed by atoms with E-state index in [1.807, 2.05) is 0 Å². The average Bonchev–Trinajstić information content (AvgIpc) is 1.56. The van der Waals surface area contributed by atoms with E-state index in [1.165, 1.54) is 0 Å². The lowest BCUT2D eigenvalue weighted by molar-refractivity contribution is -0.146. The summed E-state index contributed by atoms with van der Waals surface area (Å²) in [5.41, 5.74) is 0. The minimum Gasteiger partial charge on any atom is -0.380 e. The van der Waals surface area contributed by atoms with Crippen LogP contribution in [0.5, 0.6) is 0 Å². The second kappa shape index (κ2) is 3.10. The molecule has 0 aliphatic heterocycles. The maximum atomic E-state index is 11.3. The molecule has 0 aliphatic carbocycles. The van der Waals surface area contributed by atoms with Crippen molar-refractivity contribution >= 4 is 7.60 Å². The Balaban J connectivity index is 4.10. The lowest BCUT2D eigenvalue weighted by Crippen LogP contribution is -2.19. The van der Waals surface area contributed by atoms with Crippen molar-refractivity contribution in [1.82, 2.24) is 0 Å². The van der Waals surface area contributed by atoms with Gasteiger partial charge < -0.3 is 14.9 Å². The normalized spacial score (nSPS) is 16.5. The van der Waals surface area contributed by atoms with Crippen molar-refractivity contribution in [3.05, 3.63) is 0 Å². The highest BCUT2D eigenvalue weighted by Crippen LogP contribution is 2.44. The molecule has 0 amide bonds. The largest absolute Gasteiger partial charge is 0.392 e. The molecule has 11 heavy (non-hydrogen) atoms. The van der Waals surface area contributed by atoms with Crippen LogP contribution in [0.25, 0.3) is 0 Å². The lowest BCUT2D eigenvalue weighted by Gasteiger charge is -2.13. The zero-order valence-corrected chi connectivity index (χ0v) is 6.01. The summed E-state index contributed by atoms with van der Waals surface area (Å²) in [7, 11) is -5.02. The highest BCUT2D eigenvalue weighted by molar-refractivity contribution is 7.52. The second-order valence-corrected chi connectivity index (χ2v) is 3.66. The van der Waals surface area contributed by atoms with Crippen LogP contribution in [0, 0.1) is 0 Å². The van der Waals surface area contributed by atoms with Gasteiger partial charge in [0.2, 0.25) is 0 Å². The van der Waals surface area contributed by atoms with Gasteiger partial charge in [0.25, 0.3) is 0 Å². The van der Waals surface area contributed by atoms with Crippen molar-refractivity contribution in [3.8, 4) is 0 Å². The van der Waals surface area contributed by atoms with Gasteiger partial charge in [-0.2, -0.15) is 13.2 Å². The smallest absolute Gasteiger partial charge is 0.380 e. The Hall–Kier alpha value is -0.100. The zero-order valence-electron chi connectivity index (χ0n) is 5.12. The van der Waals surface area contributed by atoms with Crippen LogP contribution >= 0.6 is 7.60 Å². The molecule has 0 aromatic heterocycles. The molecule has 8 heteroatoms. The monoisotopic (exact) mass is 194 g/mol. The predicted octanol–water partition coefficient (Wildman–Crippen LogP) is 0.435. The SMILES string of the molecule is O=P(O)(O)C(O)CC(F)(F)F. The summed E-state index contributed by atoms with van der Waals surface area (Å²) >= 11 is 0. The molecule has 0 spiro atoms. The Labute approximate surface area is 59.8 Å². The Morgan fingerprint density at radius 1 is 1.36 bits per heavy atom. The van der Waals surface area contributed by atoms with Crippen LogP contribution in [0.15, 0.2) is 0 Å². The molecular formula is C3H6F3O4P. The van der Waals surface area contributed by atoms with Crippen LogP contribution in [-0.2, 0) is 4.57 Å². The number of halogens is 3. The third kappa shape index (κ3) is 5.20. The fourth-order valence-corrected chi connectivity index (χ4v) is 0.771. The summed E-state index contributed by atoms with van der Waals surface area (Å²) in [6, 6.07) is 0. The molecular weight excluding hydrogens is 188 g/mol. The van der Waals surface area contributed by atoms with Crippen molar-refractivity contribution in [1.29, 1.82) is 0 Å². The molecule has 0 fully saturated rings. The number of hydrogen-bond acceptors (Lipinski definition) is 2. The summed E-state index contributed by atoms with van der Waals surface area (Å²) in [6.45, 7) is 0. The van der Waals surface area contributed by atoms with E-state index >= 15 is 0 Å². The van der Waals surface area contributed by atoms with E-state index in [2.05, 4.69) is 0 Å². The van der Waals surface area contributed by atoms with Gasteiger partial charge in [0.15, 0.2) is 5.85 Å². The minimum atomic E-state index is -5.02. The number of aliphatic hydroxyl groups excluding tert-OH is 1. The standard InChI is InChI=1S/C3H6F3O4P/c4-3(5,6)1-2(7)11(8,9)10/h2,7H,1H2,(H2,8,9,10). The zero-order chi connectivity index (χ0) is 9.28. The molecule has 0 aliphatic rings. The van der Waals surface area contributed by atoms with E-state index < -0.39 is 26.0 Å². The van der Waals surface area contributed by atoms with Gasteiger partial charge in [0, 0.05) is 0 Å². The quantitative estimate of drug-likeness (QED) is 0.557. The van der Waals surface area contributed by atoms with E-state index in [1.54, 1.807) is 0 Å². The molecule has 3 N–H and O–H groups in total. The molecule has 1 atom stereocenters. The summed E-state index contributed by atoms with van der Waals surface area (Å²) < 4.78 is 44.0. The maximum Gasteiger partial charge on any atom is 0.392 e. The van der Waals surface area contributed by atoms with Gasteiger partial charge in [-0.3, -0.25) is 4.57 Å². The summed E-state index contributed by atoms with van der Waals surface area (Å²) in [4.78, 5) is 16.0. The summed E-state index contributed by atoms with van der Waals surface area (Å²) in [5.74, 6) is -2.65. The van der Waals surface area contributed by atoms with Gasteiger partial charge in [0.1, 0.15) is 0 Å². The highest BCUT2D eigenvalue weighted by Gasteiger charge is 2.38. The second-order valence-electron chi connectivity index (χ2n) is 1.89. The molecule has 0 heterocycles. The van der Waals surface area contributed by atoms with E-state index in [0.29, 0.717) is 0 Å². The Morgan fingerprint density at radius 2 is 1.73 bits per heavy atom. The molecule has 0 radical (unpaired) electrons. The van der Waals surface area contributed by atoms with E-state index in [9.17, 15) is 17.7 Å². The molecule has 0 aromatic rings. The first-order valence-electron chi connectivity index (χ1n) is 2.43. The first-order chi connectivity index (χ1) is 4.63. The fraction of sp³-hybridized carbons (Fsp3) is 1.00. The average molecular weight is 194 g/mol. The number of hydrogen-bond donors (Lipinski definition) is 3. The van der Waals surface area contributed by atoms with Gasteiger partial charge in [-0.1, -0.05) is 0 Å². The predicted molar refractivity (Wildman–Crippen MR) is 28.7 cm³/mol. The molecule has 0 rings (SSSR count). The van der Waals surface area contributed by atoms with E-state index in [0.717, 1.165) is 0 Å². The van der Waals surface area contributed by atoms with Gasteiger partial charge in [0.05, 0.1) is 6.42 Å². The van der Waals surface area contributed by atoms with Gasteiger partial charge in [-0.25, -0.2) is 0 Å². The van der Waals surface area contributed by atoms with Crippen molar-refractivity contribution in [2.45, 2.75) is 18.4 Å². The highest BCUT2D eigenvalue weighted by atomic mass is 31.2. The first-order valence-corrected chi connectivity index (χ1v) is 4.11. The molecule has 4 nitrogen and oxygen atoms in total. The van der Waals surface area contributed by atoms with Gasteiger partial charge in [-0.05, 0) is 0 Å². The minimum absolute atomic E-state index is 1.89. The molecule has 0 aromatic carbocycles. The van der Waals surface area contributed by atoms with Crippen LogP contribution < -0.4 is 0 Å². The number of alkyl halides is 3.